The van der Waals surface area contributed by atoms with Gasteiger partial charge in [-0.3, -0.25) is 9.78 Å². The Morgan fingerprint density at radius 3 is 2.59 bits per heavy atom. The molecule has 1 aromatic heterocycles. The molecular weight excluding hydrogens is 358 g/mol. The lowest BCUT2D eigenvalue weighted by Crippen LogP contribution is -2.07. The summed E-state index contributed by atoms with van der Waals surface area (Å²) in [5.74, 6) is 1.56. The van der Waals surface area contributed by atoms with Crippen LogP contribution in [0.2, 0.25) is 0 Å². The minimum absolute atomic E-state index is 0.128. The number of hydrogen-bond donors (Lipinski definition) is 0. The topological polar surface area (TPSA) is 39.2 Å². The van der Waals surface area contributed by atoms with E-state index in [1.54, 1.807) is 6.08 Å². The van der Waals surface area contributed by atoms with E-state index in [-0.39, 0.29) is 5.78 Å². The smallest absolute Gasteiger partial charge is 0.159 e. The van der Waals surface area contributed by atoms with Crippen LogP contribution in [0, 0.1) is 0 Å². The van der Waals surface area contributed by atoms with Crippen LogP contribution < -0.4 is 4.74 Å². The molecule has 0 amide bonds. The Bertz CT molecular complexity index is 1010. The largest absolute Gasteiger partial charge is 0.457 e. The maximum atomic E-state index is 12.2. The van der Waals surface area contributed by atoms with Gasteiger partial charge in [-0.2, -0.15) is 0 Å². The highest BCUT2D eigenvalue weighted by Gasteiger charge is 2.15. The second kappa shape index (κ2) is 9.33. The summed E-state index contributed by atoms with van der Waals surface area (Å²) in [5, 5.41) is 0. The van der Waals surface area contributed by atoms with E-state index < -0.39 is 0 Å². The summed E-state index contributed by atoms with van der Waals surface area (Å²) in [6.45, 7) is 0. The van der Waals surface area contributed by atoms with Crippen LogP contribution in [0.25, 0.3) is 5.76 Å². The van der Waals surface area contributed by atoms with Crippen molar-refractivity contribution in [3.8, 4) is 5.75 Å². The van der Waals surface area contributed by atoms with Crippen LogP contribution >= 0.6 is 0 Å². The molecule has 0 atom stereocenters. The number of carbonyl (C=O) groups excluding carboxylic acids is 1. The van der Waals surface area contributed by atoms with E-state index in [4.69, 9.17) is 4.74 Å². The van der Waals surface area contributed by atoms with E-state index in [1.807, 2.05) is 42.7 Å². The molecule has 3 aromatic rings. The van der Waals surface area contributed by atoms with Gasteiger partial charge in [0.25, 0.3) is 0 Å². The first-order chi connectivity index (χ1) is 14.3. The van der Waals surface area contributed by atoms with Gasteiger partial charge in [-0.1, -0.05) is 36.4 Å². The van der Waals surface area contributed by atoms with Gasteiger partial charge in [-0.05, 0) is 73.1 Å². The quantitative estimate of drug-likeness (QED) is 0.558. The zero-order valence-corrected chi connectivity index (χ0v) is 16.5. The van der Waals surface area contributed by atoms with Gasteiger partial charge < -0.3 is 4.74 Å². The number of carbonyl (C=O) groups is 1. The summed E-state index contributed by atoms with van der Waals surface area (Å²) < 4.78 is 6.23. The number of hydrogen-bond acceptors (Lipinski definition) is 3. The van der Waals surface area contributed by atoms with Crippen molar-refractivity contribution in [2.45, 2.75) is 38.5 Å². The first-order valence-electron chi connectivity index (χ1n) is 10.3. The lowest BCUT2D eigenvalue weighted by atomic mass is 9.96. The molecule has 29 heavy (non-hydrogen) atoms. The Kier molecular flexibility index (Phi) is 6.16. The van der Waals surface area contributed by atoms with Crippen molar-refractivity contribution in [1.82, 2.24) is 4.98 Å². The summed E-state index contributed by atoms with van der Waals surface area (Å²) in [6.07, 6.45) is 10.8. The second-order valence-corrected chi connectivity index (χ2v) is 7.44. The van der Waals surface area contributed by atoms with Gasteiger partial charge in [0.05, 0.1) is 0 Å². The second-order valence-electron chi connectivity index (χ2n) is 7.44. The molecule has 0 spiro atoms. The Morgan fingerprint density at radius 2 is 1.69 bits per heavy atom. The maximum Gasteiger partial charge on any atom is 0.159 e. The summed E-state index contributed by atoms with van der Waals surface area (Å²) in [4.78, 5) is 16.3. The molecule has 0 unspecified atom stereocenters. The van der Waals surface area contributed by atoms with Crippen molar-refractivity contribution in [3.05, 3.63) is 101 Å². The average molecular weight is 383 g/mol. The van der Waals surface area contributed by atoms with E-state index in [0.717, 1.165) is 43.4 Å². The van der Waals surface area contributed by atoms with Crippen LogP contribution in [0.4, 0.5) is 0 Å². The van der Waals surface area contributed by atoms with Crippen molar-refractivity contribution in [2.75, 3.05) is 0 Å². The molecule has 1 aliphatic rings. The van der Waals surface area contributed by atoms with Crippen LogP contribution in [-0.2, 0) is 24.1 Å². The Labute approximate surface area is 172 Å². The molecule has 4 rings (SSSR count). The van der Waals surface area contributed by atoms with Crippen LogP contribution in [0.1, 0.15) is 41.5 Å². The molecule has 3 nitrogen and oxygen atoms in total. The van der Waals surface area contributed by atoms with Gasteiger partial charge in [-0.25, -0.2) is 0 Å². The van der Waals surface area contributed by atoms with Crippen molar-refractivity contribution in [3.63, 3.8) is 0 Å². The first kappa shape index (κ1) is 19.1. The lowest BCUT2D eigenvalue weighted by Gasteiger charge is -2.17. The average Bonchev–Trinajstić information content (AvgIpc) is 2.74. The molecule has 0 aliphatic heterocycles. The molecule has 2 aromatic carbocycles. The number of aryl methyl sites for hydroxylation is 3. The number of fused-ring (bicyclic) bond motifs is 1. The first-order valence-corrected chi connectivity index (χ1v) is 10.3. The molecule has 0 radical (unpaired) electrons. The number of aromatic nitrogens is 1. The maximum absolute atomic E-state index is 12.2. The van der Waals surface area contributed by atoms with Crippen LogP contribution in [-0.4, -0.2) is 10.8 Å². The van der Waals surface area contributed by atoms with E-state index in [9.17, 15) is 4.79 Å². The number of pyridine rings is 1. The predicted molar refractivity (Wildman–Crippen MR) is 116 cm³/mol. The number of allylic oxidation sites excluding steroid dienone is 1. The number of nitrogens with zero attached hydrogens (tertiary/aromatic N) is 1. The minimum atomic E-state index is 0.128. The highest BCUT2D eigenvalue weighted by Crippen LogP contribution is 2.28. The molecule has 0 saturated carbocycles. The highest BCUT2D eigenvalue weighted by molar-refractivity contribution is 5.96. The van der Waals surface area contributed by atoms with E-state index in [1.165, 1.54) is 16.7 Å². The van der Waals surface area contributed by atoms with Crippen LogP contribution in [0.3, 0.4) is 0 Å². The van der Waals surface area contributed by atoms with Gasteiger partial charge >= 0.3 is 0 Å². The van der Waals surface area contributed by atoms with Crippen molar-refractivity contribution >= 4 is 11.5 Å². The Hall–Kier alpha value is -3.20. The SMILES string of the molecule is O=C1C=C(Oc2cccc(CCCc3ccncc3)c2)c2ccccc2CCC1. The predicted octanol–water partition coefficient (Wildman–Crippen LogP) is 5.58. The molecule has 3 heteroatoms. The standard InChI is InChI=1S/C26H25NO2/c28-23-11-5-10-22-9-1-2-13-25(22)26(19-23)29-24-12-4-8-21(18-24)7-3-6-20-14-16-27-17-15-20/h1-2,4,8-9,12-19H,3,5-7,10-11H2. The molecular formula is C26H25NO2. The van der Waals surface area contributed by atoms with Crippen molar-refractivity contribution in [1.29, 1.82) is 0 Å². The molecule has 0 N–H and O–H groups in total. The fourth-order valence-electron chi connectivity index (χ4n) is 3.75. The van der Waals surface area contributed by atoms with Gasteiger partial charge in [0.2, 0.25) is 0 Å². The Balaban J connectivity index is 1.48. The molecule has 1 heterocycles. The molecule has 0 fully saturated rings. The van der Waals surface area contributed by atoms with Crippen molar-refractivity contribution in [2.24, 2.45) is 0 Å². The van der Waals surface area contributed by atoms with E-state index in [0.29, 0.717) is 12.2 Å². The molecule has 1 aliphatic carbocycles. The fraction of sp³-hybridized carbons (Fsp3) is 0.231. The van der Waals surface area contributed by atoms with Crippen LogP contribution in [0.5, 0.6) is 5.75 Å². The summed E-state index contributed by atoms with van der Waals surface area (Å²) in [6, 6.07) is 20.5. The Morgan fingerprint density at radius 1 is 0.862 bits per heavy atom. The van der Waals surface area contributed by atoms with Gasteiger partial charge in [0, 0.05) is 30.5 Å². The number of benzene rings is 2. The highest BCUT2D eigenvalue weighted by atomic mass is 16.5. The third-order valence-corrected chi connectivity index (χ3v) is 5.25. The van der Waals surface area contributed by atoms with Gasteiger partial charge in [0.1, 0.15) is 11.5 Å². The number of ketones is 1. The number of ether oxygens (including phenoxy) is 1. The summed E-state index contributed by atoms with van der Waals surface area (Å²) in [5.41, 5.74) is 4.80. The van der Waals surface area contributed by atoms with Crippen molar-refractivity contribution < 1.29 is 9.53 Å². The normalized spacial score (nSPS) is 13.8. The zero-order valence-electron chi connectivity index (χ0n) is 16.5. The fourth-order valence-corrected chi connectivity index (χ4v) is 3.75. The molecule has 0 bridgehead atoms. The zero-order chi connectivity index (χ0) is 19.9. The summed E-state index contributed by atoms with van der Waals surface area (Å²) in [7, 11) is 0. The minimum Gasteiger partial charge on any atom is -0.457 e. The van der Waals surface area contributed by atoms with Gasteiger partial charge in [0.15, 0.2) is 5.78 Å². The monoisotopic (exact) mass is 383 g/mol. The summed E-state index contributed by atoms with van der Waals surface area (Å²) >= 11 is 0. The third kappa shape index (κ3) is 5.20. The van der Waals surface area contributed by atoms with Crippen LogP contribution in [0.15, 0.2) is 79.1 Å². The number of rotatable bonds is 6. The lowest BCUT2D eigenvalue weighted by molar-refractivity contribution is -0.114. The molecule has 146 valence electrons. The molecule has 0 saturated heterocycles. The van der Waals surface area contributed by atoms with E-state index >= 15 is 0 Å². The third-order valence-electron chi connectivity index (χ3n) is 5.25. The van der Waals surface area contributed by atoms with E-state index in [2.05, 4.69) is 35.3 Å². The van der Waals surface area contributed by atoms with Gasteiger partial charge in [-0.15, -0.1) is 0 Å².